The summed E-state index contributed by atoms with van der Waals surface area (Å²) in [6.07, 6.45) is 0.892. The fraction of sp³-hybridized carbons (Fsp3) is 0.438. The fourth-order valence-electron chi connectivity index (χ4n) is 2.03. The predicted octanol–water partition coefficient (Wildman–Crippen LogP) is 3.47. The average Bonchev–Trinajstić information content (AvgIpc) is 3.17. The fourth-order valence-corrected chi connectivity index (χ4v) is 3.90. The van der Waals surface area contributed by atoms with Crippen molar-refractivity contribution in [3.63, 3.8) is 0 Å². The lowest BCUT2D eigenvalue weighted by Gasteiger charge is -2.21. The Balaban J connectivity index is 1.89. The van der Waals surface area contributed by atoms with Crippen molar-refractivity contribution in [2.45, 2.75) is 25.9 Å². The average molecular weight is 372 g/mol. The van der Waals surface area contributed by atoms with Crippen LogP contribution in [0.25, 0.3) is 0 Å². The third kappa shape index (κ3) is 5.80. The second-order valence-electron chi connectivity index (χ2n) is 5.36. The normalized spacial score (nSPS) is 14.5. The zero-order valence-corrected chi connectivity index (χ0v) is 15.7. The first-order chi connectivity index (χ1) is 11.0. The monoisotopic (exact) mass is 371 g/mol. The van der Waals surface area contributed by atoms with E-state index in [2.05, 4.69) is 15.6 Å². The summed E-state index contributed by atoms with van der Waals surface area (Å²) in [7, 11) is 0. The van der Waals surface area contributed by atoms with Gasteiger partial charge in [0.25, 0.3) is 0 Å². The van der Waals surface area contributed by atoms with Gasteiger partial charge in [-0.2, -0.15) is 11.3 Å². The van der Waals surface area contributed by atoms with Crippen LogP contribution in [0.15, 0.2) is 34.0 Å². The van der Waals surface area contributed by atoms with E-state index in [-0.39, 0.29) is 0 Å². The first-order valence-corrected chi connectivity index (χ1v) is 9.66. The second kappa shape index (κ2) is 8.68. The summed E-state index contributed by atoms with van der Waals surface area (Å²) >= 11 is 9.11. The molecule has 1 unspecified atom stereocenters. The van der Waals surface area contributed by atoms with E-state index in [9.17, 15) is 5.11 Å². The molecule has 1 atom stereocenters. The lowest BCUT2D eigenvalue weighted by Crippen LogP contribution is -2.39. The molecule has 0 radical (unpaired) electrons. The van der Waals surface area contributed by atoms with Crippen LogP contribution >= 0.6 is 34.3 Å². The Morgan fingerprint density at radius 2 is 2.17 bits per heavy atom. The molecule has 126 valence electrons. The maximum absolute atomic E-state index is 10.5. The van der Waals surface area contributed by atoms with Gasteiger partial charge in [-0.15, -0.1) is 11.3 Å². The van der Waals surface area contributed by atoms with Crippen molar-refractivity contribution >= 4 is 40.2 Å². The third-order valence-electron chi connectivity index (χ3n) is 3.33. The van der Waals surface area contributed by atoms with E-state index in [1.54, 1.807) is 29.6 Å². The highest BCUT2D eigenvalue weighted by Gasteiger charge is 2.23. The number of aliphatic imine (C=N–C) groups is 1. The van der Waals surface area contributed by atoms with Crippen molar-refractivity contribution in [2.24, 2.45) is 4.99 Å². The first-order valence-electron chi connectivity index (χ1n) is 7.52. The number of hydrogen-bond donors (Lipinski definition) is 3. The lowest BCUT2D eigenvalue weighted by atomic mass is 10.00. The van der Waals surface area contributed by atoms with Crippen LogP contribution in [0.2, 0.25) is 4.34 Å². The molecule has 0 fully saturated rings. The molecule has 0 aliphatic heterocycles. The predicted molar refractivity (Wildman–Crippen MR) is 101 cm³/mol. The van der Waals surface area contributed by atoms with Crippen molar-refractivity contribution < 1.29 is 5.11 Å². The van der Waals surface area contributed by atoms with Gasteiger partial charge >= 0.3 is 0 Å². The highest BCUT2D eigenvalue weighted by molar-refractivity contribution is 7.16. The minimum absolute atomic E-state index is 0.309. The van der Waals surface area contributed by atoms with E-state index in [4.69, 9.17) is 11.6 Å². The van der Waals surface area contributed by atoms with Gasteiger partial charge in [0, 0.05) is 18.0 Å². The van der Waals surface area contributed by atoms with Crippen LogP contribution in [0.5, 0.6) is 0 Å². The molecule has 2 aromatic rings. The molecule has 23 heavy (non-hydrogen) atoms. The molecule has 2 aromatic heterocycles. The van der Waals surface area contributed by atoms with Crippen LogP contribution < -0.4 is 10.6 Å². The van der Waals surface area contributed by atoms with Crippen LogP contribution in [-0.2, 0) is 12.0 Å². The molecule has 0 aliphatic carbocycles. The minimum Gasteiger partial charge on any atom is -0.383 e. The van der Waals surface area contributed by atoms with Crippen molar-refractivity contribution in [1.82, 2.24) is 10.6 Å². The summed E-state index contributed by atoms with van der Waals surface area (Å²) in [5.41, 5.74) is -0.0563. The number of hydrogen-bond acceptors (Lipinski definition) is 4. The Labute approximate surface area is 150 Å². The van der Waals surface area contributed by atoms with Gasteiger partial charge in [-0.3, -0.25) is 0 Å². The largest absolute Gasteiger partial charge is 0.383 e. The van der Waals surface area contributed by atoms with Gasteiger partial charge in [0.2, 0.25) is 0 Å². The SMILES string of the molecule is CCNC(=NCC(C)(O)c1ccsc1)NCCc1ccc(Cl)s1. The van der Waals surface area contributed by atoms with Crippen molar-refractivity contribution in [3.05, 3.63) is 43.7 Å². The summed E-state index contributed by atoms with van der Waals surface area (Å²) in [5, 5.41) is 20.9. The van der Waals surface area contributed by atoms with Crippen LogP contribution in [0.4, 0.5) is 0 Å². The van der Waals surface area contributed by atoms with Gasteiger partial charge in [0.05, 0.1) is 10.9 Å². The molecular weight excluding hydrogens is 350 g/mol. The van der Waals surface area contributed by atoms with Crippen molar-refractivity contribution in [3.8, 4) is 0 Å². The van der Waals surface area contributed by atoms with E-state index in [1.165, 1.54) is 4.88 Å². The van der Waals surface area contributed by atoms with E-state index in [0.29, 0.717) is 12.5 Å². The number of guanidine groups is 1. The summed E-state index contributed by atoms with van der Waals surface area (Å²) in [5.74, 6) is 0.714. The molecule has 3 N–H and O–H groups in total. The zero-order valence-electron chi connectivity index (χ0n) is 13.3. The molecule has 0 spiro atoms. The summed E-state index contributed by atoms with van der Waals surface area (Å²) < 4.78 is 0.812. The maximum atomic E-state index is 10.5. The van der Waals surface area contributed by atoms with Gasteiger partial charge in [0.1, 0.15) is 5.60 Å². The van der Waals surface area contributed by atoms with Gasteiger partial charge in [-0.25, -0.2) is 4.99 Å². The summed E-state index contributed by atoms with van der Waals surface area (Å²) in [6, 6.07) is 5.89. The number of aliphatic hydroxyl groups is 1. The Morgan fingerprint density at radius 3 is 2.78 bits per heavy atom. The van der Waals surface area contributed by atoms with E-state index in [0.717, 1.165) is 29.4 Å². The number of rotatable bonds is 7. The second-order valence-corrected chi connectivity index (χ2v) is 7.94. The van der Waals surface area contributed by atoms with Crippen molar-refractivity contribution in [2.75, 3.05) is 19.6 Å². The maximum Gasteiger partial charge on any atom is 0.191 e. The van der Waals surface area contributed by atoms with Crippen LogP contribution in [-0.4, -0.2) is 30.7 Å². The minimum atomic E-state index is -0.955. The van der Waals surface area contributed by atoms with Gasteiger partial charge in [-0.05, 0) is 54.8 Å². The number of thiophene rings is 2. The quantitative estimate of drug-likeness (QED) is 0.516. The molecule has 0 saturated heterocycles. The van der Waals surface area contributed by atoms with Gasteiger partial charge < -0.3 is 15.7 Å². The van der Waals surface area contributed by atoms with Crippen molar-refractivity contribution in [1.29, 1.82) is 0 Å². The first kappa shape index (κ1) is 18.3. The Bertz CT molecular complexity index is 623. The Kier molecular flexibility index (Phi) is 6.89. The zero-order chi connectivity index (χ0) is 16.7. The summed E-state index contributed by atoms with van der Waals surface area (Å²) in [4.78, 5) is 5.74. The lowest BCUT2D eigenvalue weighted by molar-refractivity contribution is 0.0677. The van der Waals surface area contributed by atoms with E-state index < -0.39 is 5.60 Å². The molecule has 0 amide bonds. The molecule has 4 nitrogen and oxygen atoms in total. The highest BCUT2D eigenvalue weighted by atomic mass is 35.5. The molecule has 0 bridgehead atoms. The van der Waals surface area contributed by atoms with Crippen LogP contribution in [0, 0.1) is 0 Å². The van der Waals surface area contributed by atoms with Crippen LogP contribution in [0.3, 0.4) is 0 Å². The Hall–Kier alpha value is -1.08. The van der Waals surface area contributed by atoms with Gasteiger partial charge in [-0.1, -0.05) is 11.6 Å². The molecule has 0 aliphatic rings. The van der Waals surface area contributed by atoms with Gasteiger partial charge in [0.15, 0.2) is 5.96 Å². The molecular formula is C16H22ClN3OS2. The number of nitrogens with one attached hydrogen (secondary N) is 2. The Morgan fingerprint density at radius 1 is 1.35 bits per heavy atom. The molecule has 0 aromatic carbocycles. The highest BCUT2D eigenvalue weighted by Crippen LogP contribution is 2.23. The number of halogens is 1. The topological polar surface area (TPSA) is 56.7 Å². The van der Waals surface area contributed by atoms with E-state index in [1.807, 2.05) is 35.9 Å². The third-order valence-corrected chi connectivity index (χ3v) is 5.30. The molecule has 0 saturated carbocycles. The smallest absolute Gasteiger partial charge is 0.191 e. The van der Waals surface area contributed by atoms with E-state index >= 15 is 0 Å². The molecule has 7 heteroatoms. The number of nitrogens with zero attached hydrogens (tertiary/aromatic N) is 1. The standard InChI is InChI=1S/C16H22ClN3OS2/c1-3-18-15(19-8-6-13-4-5-14(17)23-13)20-11-16(2,21)12-7-9-22-10-12/h4-5,7,9-10,21H,3,6,8,11H2,1-2H3,(H2,18,19,20). The molecule has 2 rings (SSSR count). The molecule has 2 heterocycles. The van der Waals surface area contributed by atoms with Crippen LogP contribution in [0.1, 0.15) is 24.3 Å². The summed E-state index contributed by atoms with van der Waals surface area (Å²) in [6.45, 7) is 5.66.